The molecule has 0 radical (unpaired) electrons. The lowest BCUT2D eigenvalue weighted by Crippen LogP contribution is -1.97. The summed E-state index contributed by atoms with van der Waals surface area (Å²) in [6, 6.07) is 68.3. The smallest absolute Gasteiger partial charge is 0.160 e. The summed E-state index contributed by atoms with van der Waals surface area (Å²) in [5.41, 5.74) is 15.0. The van der Waals surface area contributed by atoms with Gasteiger partial charge in [-0.2, -0.15) is 0 Å². The summed E-state index contributed by atoms with van der Waals surface area (Å²) in [4.78, 5) is 14.9. The maximum atomic E-state index is 5.06. The van der Waals surface area contributed by atoms with Crippen molar-refractivity contribution in [2.75, 3.05) is 0 Å². The van der Waals surface area contributed by atoms with Gasteiger partial charge in [0.2, 0.25) is 0 Å². The van der Waals surface area contributed by atoms with Crippen molar-refractivity contribution in [1.29, 1.82) is 0 Å². The first-order valence-electron chi connectivity index (χ1n) is 18.9. The second-order valence-electron chi connectivity index (χ2n) is 14.1. The second-order valence-corrected chi connectivity index (χ2v) is 14.1. The molecule has 11 rings (SSSR count). The zero-order valence-electron chi connectivity index (χ0n) is 30.3. The van der Waals surface area contributed by atoms with Crippen molar-refractivity contribution in [3.63, 3.8) is 0 Å². The van der Waals surface area contributed by atoms with Crippen molar-refractivity contribution in [2.45, 2.75) is 0 Å². The standard InChI is InChI=1S/C51H33N5/c1-4-13-34(14-5-1)44-33-45(54-51(53-44)36-15-6-2-7-16-36)35-22-26-40(27-23-35)55-46-20-11-10-19-41(46)42-31-37(24-28-47(42)55)38-25-29-48-43(32-38)50-49(21-12-30-52-50)56(48)39-17-8-3-9-18-39/h1-33H. The van der Waals surface area contributed by atoms with Crippen LogP contribution < -0.4 is 0 Å². The molecule has 0 bridgehead atoms. The maximum absolute atomic E-state index is 5.06. The van der Waals surface area contributed by atoms with Crippen LogP contribution in [0, 0.1) is 0 Å². The number of hydrogen-bond acceptors (Lipinski definition) is 3. The molecule has 5 nitrogen and oxygen atoms in total. The summed E-state index contributed by atoms with van der Waals surface area (Å²) in [6.45, 7) is 0. The normalized spacial score (nSPS) is 11.6. The number of benzene rings is 7. The zero-order valence-corrected chi connectivity index (χ0v) is 30.3. The predicted molar refractivity (Wildman–Crippen MR) is 230 cm³/mol. The van der Waals surface area contributed by atoms with E-state index in [1.807, 2.05) is 48.7 Å². The lowest BCUT2D eigenvalue weighted by atomic mass is 10.0. The van der Waals surface area contributed by atoms with Crippen molar-refractivity contribution in [2.24, 2.45) is 0 Å². The van der Waals surface area contributed by atoms with Gasteiger partial charge in [-0.1, -0.05) is 121 Å². The lowest BCUT2D eigenvalue weighted by molar-refractivity contribution is 1.17. The molecule has 0 spiro atoms. The Bertz CT molecular complexity index is 3160. The molecule has 4 aromatic heterocycles. The van der Waals surface area contributed by atoms with Crippen LogP contribution in [-0.4, -0.2) is 24.1 Å². The van der Waals surface area contributed by atoms with Crippen LogP contribution in [0.4, 0.5) is 0 Å². The molecule has 0 unspecified atom stereocenters. The van der Waals surface area contributed by atoms with Gasteiger partial charge in [-0.25, -0.2) is 9.97 Å². The van der Waals surface area contributed by atoms with E-state index in [9.17, 15) is 0 Å². The summed E-state index contributed by atoms with van der Waals surface area (Å²) < 4.78 is 4.67. The summed E-state index contributed by atoms with van der Waals surface area (Å²) in [5.74, 6) is 0.710. The molecular formula is C51H33N5. The molecule has 7 aromatic carbocycles. The van der Waals surface area contributed by atoms with E-state index in [0.29, 0.717) is 5.82 Å². The van der Waals surface area contributed by atoms with Gasteiger partial charge in [0.05, 0.1) is 39.0 Å². The Morgan fingerprint density at radius 2 is 0.821 bits per heavy atom. The average molecular weight is 716 g/mol. The van der Waals surface area contributed by atoms with Crippen molar-refractivity contribution >= 4 is 43.7 Å². The van der Waals surface area contributed by atoms with E-state index in [4.69, 9.17) is 15.0 Å². The highest BCUT2D eigenvalue weighted by Crippen LogP contribution is 2.38. The molecule has 5 heteroatoms. The molecule has 0 atom stereocenters. The molecule has 0 fully saturated rings. The first-order chi connectivity index (χ1) is 27.8. The second kappa shape index (κ2) is 13.0. The number of fused-ring (bicyclic) bond motifs is 6. The van der Waals surface area contributed by atoms with E-state index in [2.05, 4.69) is 161 Å². The molecular weight excluding hydrogens is 683 g/mol. The van der Waals surface area contributed by atoms with Gasteiger partial charge in [0.1, 0.15) is 0 Å². The highest BCUT2D eigenvalue weighted by atomic mass is 15.0. The third-order valence-corrected chi connectivity index (χ3v) is 10.8. The number of aromatic nitrogens is 5. The zero-order chi connectivity index (χ0) is 37.0. The van der Waals surface area contributed by atoms with Gasteiger partial charge < -0.3 is 9.13 Å². The van der Waals surface area contributed by atoms with Crippen LogP contribution in [0.1, 0.15) is 0 Å². The van der Waals surface area contributed by atoms with Crippen LogP contribution in [0.25, 0.3) is 100 Å². The van der Waals surface area contributed by atoms with E-state index >= 15 is 0 Å². The number of rotatable bonds is 6. The summed E-state index contributed by atoms with van der Waals surface area (Å²) in [7, 11) is 0. The average Bonchev–Trinajstić information content (AvgIpc) is 3.79. The summed E-state index contributed by atoms with van der Waals surface area (Å²) >= 11 is 0. The van der Waals surface area contributed by atoms with E-state index in [1.54, 1.807) is 0 Å². The molecule has 0 N–H and O–H groups in total. The number of nitrogens with zero attached hydrogens (tertiary/aromatic N) is 5. The Kier molecular flexibility index (Phi) is 7.42. The number of para-hydroxylation sites is 2. The van der Waals surface area contributed by atoms with E-state index in [0.717, 1.165) is 78.0 Å². The van der Waals surface area contributed by atoms with Gasteiger partial charge in [-0.3, -0.25) is 4.98 Å². The SMILES string of the molecule is c1ccc(-c2cc(-c3ccc(-n4c5ccccc5c5cc(-c6ccc7c(c6)c6ncccc6n7-c6ccccc6)ccc54)cc3)nc(-c3ccccc3)n2)cc1. The Balaban J connectivity index is 1.01. The fourth-order valence-corrected chi connectivity index (χ4v) is 8.15. The molecule has 0 aliphatic rings. The molecule has 0 saturated heterocycles. The van der Waals surface area contributed by atoms with Gasteiger partial charge >= 0.3 is 0 Å². The fourth-order valence-electron chi connectivity index (χ4n) is 8.15. The van der Waals surface area contributed by atoms with Crippen molar-refractivity contribution < 1.29 is 0 Å². The predicted octanol–water partition coefficient (Wildman–Crippen LogP) is 12.7. The Hall–Kier alpha value is -7.63. The highest BCUT2D eigenvalue weighted by Gasteiger charge is 2.17. The van der Waals surface area contributed by atoms with Crippen LogP contribution in [-0.2, 0) is 0 Å². The molecule has 56 heavy (non-hydrogen) atoms. The lowest BCUT2D eigenvalue weighted by Gasteiger charge is -2.12. The largest absolute Gasteiger partial charge is 0.309 e. The summed E-state index contributed by atoms with van der Waals surface area (Å²) in [6.07, 6.45) is 1.88. The van der Waals surface area contributed by atoms with Crippen LogP contribution >= 0.6 is 0 Å². The molecule has 0 aliphatic carbocycles. The van der Waals surface area contributed by atoms with Gasteiger partial charge in [-0.05, 0) is 83.9 Å². The first kappa shape index (κ1) is 31.9. The highest BCUT2D eigenvalue weighted by molar-refractivity contribution is 6.12. The van der Waals surface area contributed by atoms with Gasteiger partial charge in [0.15, 0.2) is 5.82 Å². The van der Waals surface area contributed by atoms with Crippen molar-refractivity contribution in [3.8, 4) is 56.4 Å². The number of pyridine rings is 1. The Labute approximate surface area is 323 Å². The van der Waals surface area contributed by atoms with Crippen molar-refractivity contribution in [1.82, 2.24) is 24.1 Å². The van der Waals surface area contributed by atoms with E-state index in [1.165, 1.54) is 16.3 Å². The quantitative estimate of drug-likeness (QED) is 0.172. The first-order valence-corrected chi connectivity index (χ1v) is 18.9. The van der Waals surface area contributed by atoms with E-state index in [-0.39, 0.29) is 0 Å². The minimum atomic E-state index is 0.710. The van der Waals surface area contributed by atoms with Crippen LogP contribution in [0.2, 0.25) is 0 Å². The molecule has 11 aromatic rings. The topological polar surface area (TPSA) is 48.5 Å². The van der Waals surface area contributed by atoms with Crippen molar-refractivity contribution in [3.05, 3.63) is 200 Å². The minimum Gasteiger partial charge on any atom is -0.309 e. The van der Waals surface area contributed by atoms with Crippen LogP contribution in [0.5, 0.6) is 0 Å². The molecule has 4 heterocycles. The van der Waals surface area contributed by atoms with Crippen LogP contribution in [0.15, 0.2) is 200 Å². The van der Waals surface area contributed by atoms with E-state index < -0.39 is 0 Å². The van der Waals surface area contributed by atoms with Gasteiger partial charge in [0.25, 0.3) is 0 Å². The fraction of sp³-hybridized carbons (Fsp3) is 0. The monoisotopic (exact) mass is 715 g/mol. The molecule has 262 valence electrons. The number of hydrogen-bond donors (Lipinski definition) is 0. The molecule has 0 aliphatic heterocycles. The minimum absolute atomic E-state index is 0.710. The third kappa shape index (κ3) is 5.29. The Morgan fingerprint density at radius 3 is 1.54 bits per heavy atom. The van der Waals surface area contributed by atoms with Gasteiger partial charge in [0, 0.05) is 50.4 Å². The summed E-state index contributed by atoms with van der Waals surface area (Å²) in [5, 5.41) is 3.57. The maximum Gasteiger partial charge on any atom is 0.160 e. The van der Waals surface area contributed by atoms with Gasteiger partial charge in [-0.15, -0.1) is 0 Å². The molecule has 0 saturated carbocycles. The molecule has 0 amide bonds. The Morgan fingerprint density at radius 1 is 0.321 bits per heavy atom. The van der Waals surface area contributed by atoms with Crippen LogP contribution in [0.3, 0.4) is 0 Å². The third-order valence-electron chi connectivity index (χ3n) is 10.8.